The summed E-state index contributed by atoms with van der Waals surface area (Å²) in [5, 5.41) is 11.6. The Labute approximate surface area is 113 Å². The summed E-state index contributed by atoms with van der Waals surface area (Å²) >= 11 is 1.39. The zero-order chi connectivity index (χ0) is 13.4. The maximum atomic E-state index is 11.8. The highest BCUT2D eigenvalue weighted by molar-refractivity contribution is 7.15. The summed E-state index contributed by atoms with van der Waals surface area (Å²) in [5.41, 5.74) is 1.02. The lowest BCUT2D eigenvalue weighted by Crippen LogP contribution is -2.08. The molecule has 5 nitrogen and oxygen atoms in total. The van der Waals surface area contributed by atoms with Crippen molar-refractivity contribution in [2.45, 2.75) is 19.3 Å². The third-order valence-corrected chi connectivity index (χ3v) is 4.25. The van der Waals surface area contributed by atoms with E-state index in [-0.39, 0.29) is 11.5 Å². The van der Waals surface area contributed by atoms with E-state index in [1.54, 1.807) is 18.2 Å². The third kappa shape index (κ3) is 2.04. The van der Waals surface area contributed by atoms with Crippen molar-refractivity contribution in [2.24, 2.45) is 0 Å². The normalized spacial score (nSPS) is 14.2. The predicted molar refractivity (Wildman–Crippen MR) is 71.5 cm³/mol. The van der Waals surface area contributed by atoms with Gasteiger partial charge in [-0.15, -0.1) is 11.3 Å². The first-order valence-electron chi connectivity index (χ1n) is 5.93. The Balaban J connectivity index is 2.13. The first-order chi connectivity index (χ1) is 9.16. The smallest absolute Gasteiger partial charge is 0.279 e. The molecular formula is C13H10N2O3S. The van der Waals surface area contributed by atoms with Gasteiger partial charge in [-0.05, 0) is 18.9 Å². The van der Waals surface area contributed by atoms with Crippen LogP contribution in [0.4, 0.5) is 5.69 Å². The molecule has 0 unspecified atom stereocenters. The van der Waals surface area contributed by atoms with Crippen molar-refractivity contribution in [3.8, 4) is 10.6 Å². The first-order valence-corrected chi connectivity index (χ1v) is 6.75. The van der Waals surface area contributed by atoms with Gasteiger partial charge in [0, 0.05) is 17.4 Å². The Bertz CT molecular complexity index is 678. The molecule has 0 saturated heterocycles. The van der Waals surface area contributed by atoms with E-state index in [2.05, 4.69) is 4.98 Å². The zero-order valence-corrected chi connectivity index (χ0v) is 10.8. The number of hydrogen-bond donors (Lipinski definition) is 0. The van der Waals surface area contributed by atoms with Crippen LogP contribution in [-0.4, -0.2) is 15.7 Å². The van der Waals surface area contributed by atoms with Gasteiger partial charge in [0.1, 0.15) is 10.7 Å². The van der Waals surface area contributed by atoms with Crippen molar-refractivity contribution in [3.63, 3.8) is 0 Å². The molecule has 3 rings (SSSR count). The minimum atomic E-state index is -0.419. The number of nitrogens with zero attached hydrogens (tertiary/aromatic N) is 2. The zero-order valence-electron chi connectivity index (χ0n) is 9.96. The number of ketones is 1. The van der Waals surface area contributed by atoms with Gasteiger partial charge in [-0.2, -0.15) is 0 Å². The fourth-order valence-corrected chi connectivity index (χ4v) is 3.35. The Hall–Kier alpha value is -2.08. The van der Waals surface area contributed by atoms with E-state index in [1.165, 1.54) is 17.4 Å². The summed E-state index contributed by atoms with van der Waals surface area (Å²) in [4.78, 5) is 27.6. The molecule has 0 amide bonds. The molecule has 1 heterocycles. The lowest BCUT2D eigenvalue weighted by Gasteiger charge is -2.06. The molecule has 1 aromatic carbocycles. The van der Waals surface area contributed by atoms with E-state index in [9.17, 15) is 14.9 Å². The van der Waals surface area contributed by atoms with Crippen LogP contribution in [0.3, 0.4) is 0 Å². The number of nitro benzene ring substituents is 1. The Morgan fingerprint density at radius 2 is 2.05 bits per heavy atom. The van der Waals surface area contributed by atoms with Crippen molar-refractivity contribution in [1.82, 2.24) is 4.98 Å². The van der Waals surface area contributed by atoms with Crippen LogP contribution in [-0.2, 0) is 6.42 Å². The Morgan fingerprint density at radius 3 is 2.79 bits per heavy atom. The number of Topliss-reactive ketones (excluding diaryl/α,β-unsaturated/α-hetero) is 1. The van der Waals surface area contributed by atoms with E-state index in [0.29, 0.717) is 22.7 Å². The van der Waals surface area contributed by atoms with Crippen molar-refractivity contribution >= 4 is 22.8 Å². The van der Waals surface area contributed by atoms with Gasteiger partial charge < -0.3 is 0 Å². The molecule has 0 fully saturated rings. The second kappa shape index (κ2) is 4.55. The molecule has 1 aliphatic rings. The number of thiazole rings is 1. The molecule has 0 spiro atoms. The van der Waals surface area contributed by atoms with E-state index in [4.69, 9.17) is 0 Å². The SMILES string of the molecule is O=C1CCCc2sc(-c3ccccc3[N+](=O)[O-])nc21. The van der Waals surface area contributed by atoms with Crippen LogP contribution in [0.25, 0.3) is 10.6 Å². The largest absolute Gasteiger partial charge is 0.292 e. The van der Waals surface area contributed by atoms with E-state index < -0.39 is 4.92 Å². The van der Waals surface area contributed by atoms with Gasteiger partial charge in [-0.3, -0.25) is 14.9 Å². The van der Waals surface area contributed by atoms with Crippen LogP contribution in [0.15, 0.2) is 24.3 Å². The summed E-state index contributed by atoms with van der Waals surface area (Å²) in [7, 11) is 0. The molecule has 0 saturated carbocycles. The van der Waals surface area contributed by atoms with Crippen molar-refractivity contribution < 1.29 is 9.72 Å². The summed E-state index contributed by atoms with van der Waals surface area (Å²) in [5.74, 6) is 0.0438. The van der Waals surface area contributed by atoms with E-state index in [1.807, 2.05) is 0 Å². The lowest BCUT2D eigenvalue weighted by molar-refractivity contribution is -0.384. The van der Waals surface area contributed by atoms with Gasteiger partial charge >= 0.3 is 0 Å². The number of rotatable bonds is 2. The lowest BCUT2D eigenvalue weighted by atomic mass is 10.0. The highest BCUT2D eigenvalue weighted by Crippen LogP contribution is 2.36. The molecule has 0 bridgehead atoms. The Kier molecular flexibility index (Phi) is 2.87. The highest BCUT2D eigenvalue weighted by atomic mass is 32.1. The van der Waals surface area contributed by atoms with E-state index in [0.717, 1.165) is 17.7 Å². The molecular weight excluding hydrogens is 264 g/mol. The Morgan fingerprint density at radius 1 is 1.26 bits per heavy atom. The van der Waals surface area contributed by atoms with Gasteiger partial charge in [-0.25, -0.2) is 4.98 Å². The number of fused-ring (bicyclic) bond motifs is 1. The molecule has 1 aromatic heterocycles. The molecule has 1 aliphatic carbocycles. The maximum absolute atomic E-state index is 11.8. The number of aromatic nitrogens is 1. The molecule has 96 valence electrons. The molecule has 19 heavy (non-hydrogen) atoms. The first kappa shape index (κ1) is 12.0. The van der Waals surface area contributed by atoms with Gasteiger partial charge in [-0.1, -0.05) is 12.1 Å². The number of carbonyl (C=O) groups is 1. The van der Waals surface area contributed by atoms with E-state index >= 15 is 0 Å². The number of aryl methyl sites for hydroxylation is 1. The fraction of sp³-hybridized carbons (Fsp3) is 0.231. The van der Waals surface area contributed by atoms with Gasteiger partial charge in [0.15, 0.2) is 5.78 Å². The average Bonchev–Trinajstić information content (AvgIpc) is 2.84. The quantitative estimate of drug-likeness (QED) is 0.622. The van der Waals surface area contributed by atoms with Crippen LogP contribution in [0.1, 0.15) is 28.2 Å². The van der Waals surface area contributed by atoms with Crippen LogP contribution in [0.5, 0.6) is 0 Å². The monoisotopic (exact) mass is 274 g/mol. The van der Waals surface area contributed by atoms with Crippen LogP contribution in [0.2, 0.25) is 0 Å². The number of hydrogen-bond acceptors (Lipinski definition) is 5. The number of nitro groups is 1. The molecule has 0 atom stereocenters. The molecule has 0 aliphatic heterocycles. The summed E-state index contributed by atoms with van der Waals surface area (Å²) in [6.45, 7) is 0. The second-order valence-electron chi connectivity index (χ2n) is 4.34. The van der Waals surface area contributed by atoms with Crippen LogP contribution < -0.4 is 0 Å². The standard InChI is InChI=1S/C13H10N2O3S/c16-10-6-3-7-11-12(10)14-13(19-11)8-4-1-2-5-9(8)15(17)18/h1-2,4-5H,3,6-7H2. The summed E-state index contributed by atoms with van der Waals surface area (Å²) in [6, 6.07) is 6.50. The summed E-state index contributed by atoms with van der Waals surface area (Å²) < 4.78 is 0. The van der Waals surface area contributed by atoms with Crippen LogP contribution >= 0.6 is 11.3 Å². The number of para-hydroxylation sites is 1. The summed E-state index contributed by atoms with van der Waals surface area (Å²) in [6.07, 6.45) is 2.19. The minimum Gasteiger partial charge on any atom is -0.292 e. The molecule has 0 radical (unpaired) electrons. The van der Waals surface area contributed by atoms with Crippen molar-refractivity contribution in [1.29, 1.82) is 0 Å². The van der Waals surface area contributed by atoms with Gasteiger partial charge in [0.05, 0.1) is 10.5 Å². The van der Waals surface area contributed by atoms with Crippen LogP contribution in [0, 0.1) is 10.1 Å². The maximum Gasteiger partial charge on any atom is 0.279 e. The predicted octanol–water partition coefficient (Wildman–Crippen LogP) is 3.24. The molecule has 2 aromatic rings. The second-order valence-corrected chi connectivity index (χ2v) is 5.43. The van der Waals surface area contributed by atoms with Crippen molar-refractivity contribution in [3.05, 3.63) is 45.0 Å². The minimum absolute atomic E-state index is 0.0287. The average molecular weight is 274 g/mol. The fourth-order valence-electron chi connectivity index (χ4n) is 2.20. The third-order valence-electron chi connectivity index (χ3n) is 3.10. The van der Waals surface area contributed by atoms with Gasteiger partial charge in [0.2, 0.25) is 0 Å². The number of carbonyl (C=O) groups excluding carboxylic acids is 1. The highest BCUT2D eigenvalue weighted by Gasteiger charge is 2.25. The number of benzene rings is 1. The topological polar surface area (TPSA) is 73.1 Å². The van der Waals surface area contributed by atoms with Gasteiger partial charge in [0.25, 0.3) is 5.69 Å². The van der Waals surface area contributed by atoms with Crippen molar-refractivity contribution in [2.75, 3.05) is 0 Å². The molecule has 6 heteroatoms. The molecule has 0 N–H and O–H groups in total.